The molecule has 0 radical (unpaired) electrons. The Morgan fingerprint density at radius 3 is 2.00 bits per heavy atom. The van der Waals surface area contributed by atoms with Gasteiger partial charge in [-0.15, -0.1) is 11.2 Å². The van der Waals surface area contributed by atoms with Crippen LogP contribution in [0.4, 0.5) is 0 Å². The highest BCUT2D eigenvalue weighted by Crippen LogP contribution is 1.58. The molecule has 0 N–H and O–H groups in total. The number of hydrogen-bond donors (Lipinski definition) is 0. The third-order valence-corrected chi connectivity index (χ3v) is 0.612. The van der Waals surface area contributed by atoms with Crippen molar-refractivity contribution in [3.05, 3.63) is 0 Å². The van der Waals surface area contributed by atoms with Crippen molar-refractivity contribution in [1.82, 2.24) is 0 Å². The molecule has 0 unspecified atom stereocenters. The number of hydrogen-bond acceptors (Lipinski definition) is 0. The van der Waals surface area contributed by atoms with E-state index in [1.54, 1.807) is 11.2 Å². The van der Waals surface area contributed by atoms with Crippen molar-refractivity contribution in [3.63, 3.8) is 0 Å². The molecule has 0 heterocycles. The Hall–Kier alpha value is 0. The summed E-state index contributed by atoms with van der Waals surface area (Å²) in [5.74, 6) is 0. The van der Waals surface area contributed by atoms with Crippen molar-refractivity contribution >= 4 is 11.2 Å². The van der Waals surface area contributed by atoms with Crippen LogP contribution in [0.25, 0.3) is 0 Å². The molecule has 0 bridgehead atoms. The Morgan fingerprint density at radius 1 is 1.75 bits per heavy atom. The molecule has 1 heteroatoms. The van der Waals surface area contributed by atoms with E-state index in [0.717, 1.165) is 0 Å². The van der Waals surface area contributed by atoms with Gasteiger partial charge < -0.3 is 0 Å². The molecule has 0 aliphatic heterocycles. The van der Waals surface area contributed by atoms with E-state index in [1.807, 2.05) is 13.2 Å². The van der Waals surface area contributed by atoms with Gasteiger partial charge in [-0.25, -0.2) is 0 Å². The normalized spacial score (nSPS) is 4.50. The van der Waals surface area contributed by atoms with E-state index in [4.69, 9.17) is 0 Å². The Kier molecular flexibility index (Phi) is 3.00. The lowest BCUT2D eigenvalue weighted by Crippen LogP contribution is -1.17. The first-order valence-corrected chi connectivity index (χ1v) is 2.34. The maximum absolute atomic E-state index is 2.85. The Bertz CT molecular complexity index is 40.0. The van der Waals surface area contributed by atoms with E-state index in [1.165, 1.54) is 0 Å². The standard InChI is InChI=1S/C3H6S/c1-3-4-2/h1-2H3. The summed E-state index contributed by atoms with van der Waals surface area (Å²) >= 11 is 1.61. The predicted octanol–water partition coefficient (Wildman–Crippen LogP) is 1.33. The molecule has 0 aromatic rings. The van der Waals surface area contributed by atoms with E-state index in [9.17, 15) is 0 Å². The molecule has 0 spiro atoms. The molecule has 0 nitrogen and oxygen atoms in total. The van der Waals surface area contributed by atoms with Crippen LogP contribution in [0.2, 0.25) is 0 Å². The minimum atomic E-state index is 1.61. The molecule has 0 amide bonds. The summed E-state index contributed by atoms with van der Waals surface area (Å²) in [5.41, 5.74) is 0. The molecule has 0 atom stereocenters. The first kappa shape index (κ1) is 4.00. The molecule has 4 heavy (non-hydrogen) atoms. The fourth-order valence-electron chi connectivity index (χ4n) is 0. The lowest BCUT2D eigenvalue weighted by atomic mass is 11.0. The average molecular weight is 74.1 g/mol. The molecular formula is C3H6S. The van der Waals surface area contributed by atoms with Crippen LogP contribution in [0.3, 0.4) is 0 Å². The van der Waals surface area contributed by atoms with E-state index >= 15 is 0 Å². The molecule has 0 rings (SSSR count). The number of rotatable bonds is 0. The van der Waals surface area contributed by atoms with Crippen molar-refractivity contribution in [2.24, 2.45) is 0 Å². The molecule has 0 saturated carbocycles. The fourth-order valence-corrected chi connectivity index (χ4v) is 0. The van der Waals surface area contributed by atoms with Crippen molar-refractivity contribution in [1.29, 1.82) is 0 Å². The Balaban J connectivity index is 2.83. The van der Waals surface area contributed by atoms with E-state index in [-0.39, 0.29) is 0 Å². The van der Waals surface area contributed by atoms with Crippen LogP contribution in [0.15, 0.2) is 0 Å². The van der Waals surface area contributed by atoms with Crippen LogP contribution in [-0.4, -0.2) is 6.26 Å². The highest BCUT2D eigenvalue weighted by atomic mass is 32.1. The minimum absolute atomic E-state index is 1.61. The lowest BCUT2D eigenvalue weighted by molar-refractivity contribution is 1.96. The van der Waals surface area contributed by atoms with Crippen LogP contribution < -0.4 is 0 Å². The first-order valence-electron chi connectivity index (χ1n) is 1.11. The average Bonchev–Trinajstić information content (AvgIpc) is 1.37. The summed E-state index contributed by atoms with van der Waals surface area (Å²) in [6.45, 7) is 1.89. The van der Waals surface area contributed by atoms with Crippen LogP contribution in [0.5, 0.6) is 0 Å². The lowest BCUT2D eigenvalue weighted by Gasteiger charge is -1.40. The summed E-state index contributed by atoms with van der Waals surface area (Å²) < 4.78 is 0. The third kappa shape index (κ3) is 2.00. The zero-order chi connectivity index (χ0) is 3.41. The van der Waals surface area contributed by atoms with E-state index in [0.29, 0.717) is 0 Å². The van der Waals surface area contributed by atoms with Gasteiger partial charge in [-0.2, -0.15) is 0 Å². The maximum atomic E-state index is 2.85. The van der Waals surface area contributed by atoms with Crippen molar-refractivity contribution in [2.75, 3.05) is 6.26 Å². The molecule has 0 aromatic carbocycles. The summed E-state index contributed by atoms with van der Waals surface area (Å²) in [6, 6.07) is 0. The van der Waals surface area contributed by atoms with Crippen LogP contribution in [0.1, 0.15) is 6.92 Å². The largest absolute Gasteiger partial charge is 0.138 e. The molecule has 0 aromatic heterocycles. The first-order chi connectivity index (χ1) is 1.91. The summed E-state index contributed by atoms with van der Waals surface area (Å²) in [7, 11) is 0. The predicted molar refractivity (Wildman–Crippen MR) is 23.1 cm³/mol. The van der Waals surface area contributed by atoms with Gasteiger partial charge in [-0.3, -0.25) is 0 Å². The minimum Gasteiger partial charge on any atom is -0.138 e. The van der Waals surface area contributed by atoms with Crippen LogP contribution >= 0.6 is 11.2 Å². The molecule has 0 aliphatic carbocycles. The highest BCUT2D eigenvalue weighted by molar-refractivity contribution is 7.87. The molecule has 0 fully saturated rings. The maximum Gasteiger partial charge on any atom is 0.00631 e. The topological polar surface area (TPSA) is 0 Å². The van der Waals surface area contributed by atoms with Gasteiger partial charge in [0, 0.05) is 6.26 Å². The zero-order valence-electron chi connectivity index (χ0n) is 2.91. The van der Waals surface area contributed by atoms with Gasteiger partial charge in [-0.05, 0) is 6.92 Å². The fraction of sp³-hybridized carbons (Fsp3) is 0.667. The van der Waals surface area contributed by atoms with E-state index < -0.39 is 0 Å². The summed E-state index contributed by atoms with van der Waals surface area (Å²) in [5, 5.41) is 2.85. The van der Waals surface area contributed by atoms with Crippen molar-refractivity contribution in [3.8, 4) is 5.18 Å². The second-order valence-electron chi connectivity index (χ2n) is 0.408. The van der Waals surface area contributed by atoms with Gasteiger partial charge in [0.1, 0.15) is 0 Å². The van der Waals surface area contributed by atoms with Crippen molar-refractivity contribution in [2.45, 2.75) is 6.92 Å². The second kappa shape index (κ2) is 3.00. The molecule has 24 valence electrons. The van der Waals surface area contributed by atoms with E-state index in [2.05, 4.69) is 5.18 Å². The van der Waals surface area contributed by atoms with Gasteiger partial charge in [0.2, 0.25) is 0 Å². The van der Waals surface area contributed by atoms with Crippen LogP contribution in [-0.2, 0) is 0 Å². The Morgan fingerprint density at radius 2 is 2.00 bits per heavy atom. The molecule has 0 aliphatic rings. The summed E-state index contributed by atoms with van der Waals surface area (Å²) in [4.78, 5) is 0. The second-order valence-corrected chi connectivity index (χ2v) is 1.22. The van der Waals surface area contributed by atoms with Gasteiger partial charge in [-0.1, -0.05) is 5.18 Å². The van der Waals surface area contributed by atoms with Gasteiger partial charge in [0.25, 0.3) is 0 Å². The van der Waals surface area contributed by atoms with Gasteiger partial charge >= 0.3 is 0 Å². The van der Waals surface area contributed by atoms with Crippen LogP contribution in [0, 0.1) is 5.18 Å². The third-order valence-electron chi connectivity index (χ3n) is 0.204. The Labute approximate surface area is 30.4 Å². The summed E-state index contributed by atoms with van der Waals surface area (Å²) in [6.07, 6.45) is 1.99. The monoisotopic (exact) mass is 74.0 g/mol. The zero-order valence-corrected chi connectivity index (χ0v) is 3.72. The highest BCUT2D eigenvalue weighted by Gasteiger charge is 1.26. The van der Waals surface area contributed by atoms with Crippen molar-refractivity contribution < 1.29 is 0 Å². The molecule has 0 saturated heterocycles. The van der Waals surface area contributed by atoms with Gasteiger partial charge in [0.05, 0.1) is 0 Å². The quantitative estimate of drug-likeness (QED) is 0.406. The smallest absolute Gasteiger partial charge is 0.00631 e. The molecular weight excluding hydrogens is 68.1 g/mol. The van der Waals surface area contributed by atoms with Gasteiger partial charge in [0.15, 0.2) is 0 Å². The SMILES string of the molecule is CC#SC.